The third-order valence-electron chi connectivity index (χ3n) is 3.56. The van der Waals surface area contributed by atoms with Gasteiger partial charge in [-0.1, -0.05) is 11.3 Å². The van der Waals surface area contributed by atoms with E-state index in [1.807, 2.05) is 26.2 Å². The van der Waals surface area contributed by atoms with Crippen LogP contribution in [0.25, 0.3) is 10.2 Å². The first kappa shape index (κ1) is 14.7. The summed E-state index contributed by atoms with van der Waals surface area (Å²) in [7, 11) is 4.00. The summed E-state index contributed by atoms with van der Waals surface area (Å²) < 4.78 is 0.932. The maximum Gasteiger partial charge on any atom is 0.251 e. The molecule has 3 N–H and O–H groups in total. The number of nitrogens with one attached hydrogen (secondary N) is 1. The summed E-state index contributed by atoms with van der Waals surface area (Å²) in [6.07, 6.45) is 0. The van der Waals surface area contributed by atoms with E-state index in [1.165, 1.54) is 11.3 Å². The largest absolute Gasteiger partial charge is 0.375 e. The third kappa shape index (κ3) is 3.08. The van der Waals surface area contributed by atoms with Gasteiger partial charge in [0.2, 0.25) is 0 Å². The van der Waals surface area contributed by atoms with E-state index in [2.05, 4.69) is 29.0 Å². The van der Waals surface area contributed by atoms with E-state index >= 15 is 0 Å². The van der Waals surface area contributed by atoms with Crippen LogP contribution >= 0.6 is 11.3 Å². The Bertz CT molecular complexity index is 633. The molecule has 0 saturated heterocycles. The van der Waals surface area contributed by atoms with Gasteiger partial charge < -0.3 is 16.0 Å². The molecule has 0 spiro atoms. The molecule has 2 rings (SSSR count). The van der Waals surface area contributed by atoms with Crippen LogP contribution in [0.5, 0.6) is 0 Å². The first-order chi connectivity index (χ1) is 9.29. The smallest absolute Gasteiger partial charge is 0.251 e. The maximum atomic E-state index is 12.2. The van der Waals surface area contributed by atoms with Gasteiger partial charge in [0.05, 0.1) is 10.2 Å². The molecular formula is C14H20N4OS. The molecule has 1 aromatic carbocycles. The Morgan fingerprint density at radius 3 is 2.80 bits per heavy atom. The van der Waals surface area contributed by atoms with E-state index < -0.39 is 0 Å². The Hall–Kier alpha value is -1.66. The number of aromatic nitrogens is 1. The highest BCUT2D eigenvalue weighted by molar-refractivity contribution is 7.22. The van der Waals surface area contributed by atoms with Crippen molar-refractivity contribution in [3.63, 3.8) is 0 Å². The zero-order valence-corrected chi connectivity index (χ0v) is 13.0. The normalized spacial score (nSPS) is 12.1. The lowest BCUT2D eigenvalue weighted by Gasteiger charge is -2.32. The van der Waals surface area contributed by atoms with Gasteiger partial charge in [-0.05, 0) is 46.1 Å². The number of carbonyl (C=O) groups excluding carboxylic acids is 1. The van der Waals surface area contributed by atoms with Gasteiger partial charge in [0.1, 0.15) is 0 Å². The number of hydrogen-bond acceptors (Lipinski definition) is 5. The molecule has 0 aliphatic rings. The topological polar surface area (TPSA) is 71.2 Å². The maximum absolute atomic E-state index is 12.2. The minimum Gasteiger partial charge on any atom is -0.375 e. The number of likely N-dealkylation sites (N-methyl/N-ethyl adjacent to an activating group) is 1. The van der Waals surface area contributed by atoms with E-state index in [0.717, 1.165) is 10.2 Å². The number of benzene rings is 1. The average molecular weight is 292 g/mol. The molecule has 0 unspecified atom stereocenters. The number of nitrogens with two attached hydrogens (primary N) is 1. The van der Waals surface area contributed by atoms with Gasteiger partial charge in [-0.25, -0.2) is 4.98 Å². The Kier molecular flexibility index (Phi) is 3.96. The zero-order valence-electron chi connectivity index (χ0n) is 12.2. The minimum absolute atomic E-state index is 0.0752. The first-order valence-corrected chi connectivity index (χ1v) is 7.23. The summed E-state index contributed by atoms with van der Waals surface area (Å²) in [6, 6.07) is 5.44. The van der Waals surface area contributed by atoms with Gasteiger partial charge in [0.25, 0.3) is 5.91 Å². The molecular weight excluding hydrogens is 272 g/mol. The Balaban J connectivity index is 2.11. The van der Waals surface area contributed by atoms with Crippen molar-refractivity contribution in [2.75, 3.05) is 26.4 Å². The number of anilines is 1. The van der Waals surface area contributed by atoms with Crippen LogP contribution in [0.1, 0.15) is 24.2 Å². The van der Waals surface area contributed by atoms with Crippen molar-refractivity contribution in [2.45, 2.75) is 19.4 Å². The van der Waals surface area contributed by atoms with Crippen molar-refractivity contribution in [3.05, 3.63) is 23.8 Å². The number of amides is 1. The zero-order chi connectivity index (χ0) is 14.9. The van der Waals surface area contributed by atoms with Gasteiger partial charge in [0, 0.05) is 17.6 Å². The van der Waals surface area contributed by atoms with Crippen LogP contribution in [-0.4, -0.2) is 42.0 Å². The Morgan fingerprint density at radius 2 is 2.15 bits per heavy atom. The molecule has 108 valence electrons. The number of thiazole rings is 1. The third-order valence-corrected chi connectivity index (χ3v) is 4.41. The Labute approximate surface area is 122 Å². The number of nitrogens with zero attached hydrogens (tertiary/aromatic N) is 2. The lowest BCUT2D eigenvalue weighted by Crippen LogP contribution is -2.48. The van der Waals surface area contributed by atoms with Crippen molar-refractivity contribution in [2.24, 2.45) is 0 Å². The molecule has 1 amide bonds. The van der Waals surface area contributed by atoms with Gasteiger partial charge in [-0.3, -0.25) is 4.79 Å². The molecule has 0 radical (unpaired) electrons. The monoisotopic (exact) mass is 292 g/mol. The van der Waals surface area contributed by atoms with Crippen LogP contribution in [-0.2, 0) is 0 Å². The summed E-state index contributed by atoms with van der Waals surface area (Å²) in [5.41, 5.74) is 7.04. The van der Waals surface area contributed by atoms with Crippen LogP contribution in [0.3, 0.4) is 0 Å². The van der Waals surface area contributed by atoms with Crippen LogP contribution in [0.15, 0.2) is 18.2 Å². The molecule has 0 atom stereocenters. The molecule has 20 heavy (non-hydrogen) atoms. The van der Waals surface area contributed by atoms with Gasteiger partial charge in [-0.15, -0.1) is 0 Å². The van der Waals surface area contributed by atoms with Crippen LogP contribution in [0, 0.1) is 0 Å². The molecule has 0 aliphatic heterocycles. The number of carbonyl (C=O) groups is 1. The lowest BCUT2D eigenvalue weighted by atomic mass is 10.0. The molecule has 0 bridgehead atoms. The second-order valence-electron chi connectivity index (χ2n) is 5.62. The SMILES string of the molecule is CN(C)C(C)(C)CNC(=O)c1ccc2nc(N)sc2c1. The van der Waals surface area contributed by atoms with Crippen molar-refractivity contribution in [1.29, 1.82) is 0 Å². The molecule has 5 nitrogen and oxygen atoms in total. The summed E-state index contributed by atoms with van der Waals surface area (Å²) >= 11 is 1.39. The predicted molar refractivity (Wildman–Crippen MR) is 84.1 cm³/mol. The fourth-order valence-corrected chi connectivity index (χ4v) is 2.41. The van der Waals surface area contributed by atoms with Crippen molar-refractivity contribution in [1.82, 2.24) is 15.2 Å². The minimum atomic E-state index is -0.0886. The summed E-state index contributed by atoms with van der Waals surface area (Å²) in [5, 5.41) is 3.48. The van der Waals surface area contributed by atoms with Crippen LogP contribution < -0.4 is 11.1 Å². The summed E-state index contributed by atoms with van der Waals surface area (Å²) in [5.74, 6) is -0.0752. The molecule has 2 aromatic rings. The van der Waals surface area contributed by atoms with E-state index in [-0.39, 0.29) is 11.4 Å². The molecule has 0 aliphatic carbocycles. The van der Waals surface area contributed by atoms with Gasteiger partial charge in [0.15, 0.2) is 5.13 Å². The number of rotatable bonds is 4. The fraction of sp³-hybridized carbons (Fsp3) is 0.429. The van der Waals surface area contributed by atoms with Crippen LogP contribution in [0.2, 0.25) is 0 Å². The highest BCUT2D eigenvalue weighted by Crippen LogP contribution is 2.24. The molecule has 0 fully saturated rings. The van der Waals surface area contributed by atoms with Crippen LogP contribution in [0.4, 0.5) is 5.13 Å². The highest BCUT2D eigenvalue weighted by atomic mass is 32.1. The molecule has 1 heterocycles. The van der Waals surface area contributed by atoms with Gasteiger partial charge in [-0.2, -0.15) is 0 Å². The predicted octanol–water partition coefficient (Wildman–Crippen LogP) is 1.95. The second kappa shape index (κ2) is 5.38. The number of fused-ring (bicyclic) bond motifs is 1. The first-order valence-electron chi connectivity index (χ1n) is 6.41. The quantitative estimate of drug-likeness (QED) is 0.903. The average Bonchev–Trinajstić information content (AvgIpc) is 2.74. The molecule has 1 aromatic heterocycles. The lowest BCUT2D eigenvalue weighted by molar-refractivity contribution is 0.0920. The van der Waals surface area contributed by atoms with Crippen molar-refractivity contribution >= 4 is 32.6 Å². The second-order valence-corrected chi connectivity index (χ2v) is 6.69. The number of nitrogen functional groups attached to an aromatic ring is 1. The van der Waals surface area contributed by atoms with Gasteiger partial charge >= 0.3 is 0 Å². The standard InChI is InChI=1S/C14H20N4OS/c1-14(2,18(3)4)8-16-12(19)9-5-6-10-11(7-9)20-13(15)17-10/h5-7H,8H2,1-4H3,(H2,15,17)(H,16,19). The summed E-state index contributed by atoms with van der Waals surface area (Å²) in [6.45, 7) is 4.75. The van der Waals surface area contributed by atoms with Crippen molar-refractivity contribution < 1.29 is 4.79 Å². The fourth-order valence-electron chi connectivity index (χ4n) is 1.64. The number of hydrogen-bond donors (Lipinski definition) is 2. The molecule has 6 heteroatoms. The molecule has 0 saturated carbocycles. The van der Waals surface area contributed by atoms with E-state index in [0.29, 0.717) is 17.2 Å². The van der Waals surface area contributed by atoms with E-state index in [4.69, 9.17) is 5.73 Å². The van der Waals surface area contributed by atoms with E-state index in [1.54, 1.807) is 6.07 Å². The summed E-state index contributed by atoms with van der Waals surface area (Å²) in [4.78, 5) is 18.5. The highest BCUT2D eigenvalue weighted by Gasteiger charge is 2.21. The van der Waals surface area contributed by atoms with E-state index in [9.17, 15) is 4.79 Å². The Morgan fingerprint density at radius 1 is 1.45 bits per heavy atom. The van der Waals surface area contributed by atoms with Crippen molar-refractivity contribution in [3.8, 4) is 0 Å².